The molecule has 5 heteroatoms. The fourth-order valence-electron chi connectivity index (χ4n) is 2.95. The highest BCUT2D eigenvalue weighted by Gasteiger charge is 2.28. The summed E-state index contributed by atoms with van der Waals surface area (Å²) in [5.74, 6) is 0. The molecule has 1 aromatic carbocycles. The Bertz CT molecular complexity index is 436. The van der Waals surface area contributed by atoms with E-state index in [1.54, 1.807) is 0 Å². The standard InChI is InChI=1S/C16H24Cl2N2O/c1-2-9-21-12-5-4-8-20(11-12)15(10-19)16-13(17)6-3-7-14(16)18/h3,6-7,12,15H,2,4-5,8-11,19H2,1H3. The largest absolute Gasteiger partial charge is 0.377 e. The van der Waals surface area contributed by atoms with E-state index in [0.29, 0.717) is 16.6 Å². The van der Waals surface area contributed by atoms with Gasteiger partial charge in [0, 0.05) is 35.3 Å². The van der Waals surface area contributed by atoms with E-state index in [4.69, 9.17) is 33.7 Å². The van der Waals surface area contributed by atoms with Gasteiger partial charge in [0.15, 0.2) is 0 Å². The zero-order chi connectivity index (χ0) is 15.2. The van der Waals surface area contributed by atoms with Crippen molar-refractivity contribution in [2.45, 2.75) is 38.3 Å². The topological polar surface area (TPSA) is 38.5 Å². The number of hydrogen-bond acceptors (Lipinski definition) is 3. The van der Waals surface area contributed by atoms with Crippen molar-refractivity contribution in [1.29, 1.82) is 0 Å². The minimum absolute atomic E-state index is 0.0548. The van der Waals surface area contributed by atoms with E-state index in [-0.39, 0.29) is 12.1 Å². The Labute approximate surface area is 137 Å². The number of nitrogens with zero attached hydrogens (tertiary/aromatic N) is 1. The molecular weight excluding hydrogens is 307 g/mol. The highest BCUT2D eigenvalue weighted by molar-refractivity contribution is 6.36. The summed E-state index contributed by atoms with van der Waals surface area (Å²) in [6.45, 7) is 5.36. The third-order valence-corrected chi connectivity index (χ3v) is 4.62. The van der Waals surface area contributed by atoms with Gasteiger partial charge in [0.25, 0.3) is 0 Å². The van der Waals surface area contributed by atoms with E-state index in [9.17, 15) is 0 Å². The molecule has 2 N–H and O–H groups in total. The lowest BCUT2D eigenvalue weighted by molar-refractivity contribution is -0.0118. The molecule has 1 saturated heterocycles. The van der Waals surface area contributed by atoms with Crippen LogP contribution in [0.4, 0.5) is 0 Å². The third-order valence-electron chi connectivity index (χ3n) is 3.96. The minimum atomic E-state index is 0.0548. The van der Waals surface area contributed by atoms with Gasteiger partial charge in [-0.05, 0) is 37.9 Å². The van der Waals surface area contributed by atoms with Gasteiger partial charge in [-0.1, -0.05) is 36.2 Å². The normalized spacial score (nSPS) is 21.4. The maximum atomic E-state index is 6.34. The van der Waals surface area contributed by atoms with Gasteiger partial charge >= 0.3 is 0 Å². The van der Waals surface area contributed by atoms with Crippen LogP contribution in [0.15, 0.2) is 18.2 Å². The second kappa shape index (κ2) is 8.35. The SMILES string of the molecule is CCCOC1CCCN(C(CN)c2c(Cl)cccc2Cl)C1. The second-order valence-corrected chi connectivity index (χ2v) is 6.33. The number of ether oxygens (including phenoxy) is 1. The lowest BCUT2D eigenvalue weighted by atomic mass is 10.0. The Morgan fingerprint density at radius 3 is 2.71 bits per heavy atom. The van der Waals surface area contributed by atoms with Crippen molar-refractivity contribution in [2.75, 3.05) is 26.2 Å². The first kappa shape index (κ1) is 17.0. The Morgan fingerprint density at radius 1 is 1.38 bits per heavy atom. The predicted octanol–water partition coefficient (Wildman–Crippen LogP) is 3.88. The number of piperidine rings is 1. The third kappa shape index (κ3) is 4.33. The van der Waals surface area contributed by atoms with Gasteiger partial charge in [-0.3, -0.25) is 4.90 Å². The molecule has 0 aromatic heterocycles. The number of likely N-dealkylation sites (tertiary alicyclic amines) is 1. The first-order valence-electron chi connectivity index (χ1n) is 7.67. The number of halogens is 2. The number of benzene rings is 1. The Balaban J connectivity index is 2.13. The summed E-state index contributed by atoms with van der Waals surface area (Å²) < 4.78 is 5.90. The van der Waals surface area contributed by atoms with Gasteiger partial charge in [0.1, 0.15) is 0 Å². The molecule has 1 aliphatic heterocycles. The molecule has 2 unspecified atom stereocenters. The quantitative estimate of drug-likeness (QED) is 0.860. The molecular formula is C16H24Cl2N2O. The first-order valence-corrected chi connectivity index (χ1v) is 8.42. The first-order chi connectivity index (χ1) is 10.2. The van der Waals surface area contributed by atoms with Gasteiger partial charge in [0.05, 0.1) is 12.1 Å². The average Bonchev–Trinajstić information content (AvgIpc) is 2.49. The molecule has 0 amide bonds. The van der Waals surface area contributed by atoms with Crippen LogP contribution in [0, 0.1) is 0 Å². The lowest BCUT2D eigenvalue weighted by Crippen LogP contribution is -2.44. The second-order valence-electron chi connectivity index (χ2n) is 5.52. The molecule has 2 rings (SSSR count). The van der Waals surface area contributed by atoms with Crippen molar-refractivity contribution in [1.82, 2.24) is 4.90 Å². The lowest BCUT2D eigenvalue weighted by Gasteiger charge is -2.38. The predicted molar refractivity (Wildman–Crippen MR) is 89.1 cm³/mol. The molecule has 0 radical (unpaired) electrons. The van der Waals surface area contributed by atoms with Crippen LogP contribution in [-0.2, 0) is 4.74 Å². The summed E-state index contributed by atoms with van der Waals surface area (Å²) in [6, 6.07) is 5.67. The van der Waals surface area contributed by atoms with Gasteiger partial charge < -0.3 is 10.5 Å². The van der Waals surface area contributed by atoms with E-state index >= 15 is 0 Å². The Morgan fingerprint density at radius 2 is 2.10 bits per heavy atom. The Hall–Kier alpha value is -0.320. The number of rotatable bonds is 6. The van der Waals surface area contributed by atoms with Crippen molar-refractivity contribution in [3.63, 3.8) is 0 Å². The van der Waals surface area contributed by atoms with Crippen molar-refractivity contribution in [2.24, 2.45) is 5.73 Å². The van der Waals surface area contributed by atoms with Crippen LogP contribution in [0.5, 0.6) is 0 Å². The maximum Gasteiger partial charge on any atom is 0.0702 e. The van der Waals surface area contributed by atoms with Crippen molar-refractivity contribution < 1.29 is 4.74 Å². The van der Waals surface area contributed by atoms with Crippen molar-refractivity contribution in [3.05, 3.63) is 33.8 Å². The van der Waals surface area contributed by atoms with E-state index in [1.165, 1.54) is 0 Å². The Kier molecular flexibility index (Phi) is 6.77. The zero-order valence-corrected chi connectivity index (χ0v) is 14.0. The summed E-state index contributed by atoms with van der Waals surface area (Å²) in [6.07, 6.45) is 3.57. The van der Waals surface area contributed by atoms with E-state index in [2.05, 4.69) is 11.8 Å². The van der Waals surface area contributed by atoms with Crippen LogP contribution < -0.4 is 5.73 Å². The summed E-state index contributed by atoms with van der Waals surface area (Å²) in [7, 11) is 0. The van der Waals surface area contributed by atoms with E-state index in [0.717, 1.165) is 44.5 Å². The molecule has 21 heavy (non-hydrogen) atoms. The molecule has 0 bridgehead atoms. The smallest absolute Gasteiger partial charge is 0.0702 e. The minimum Gasteiger partial charge on any atom is -0.377 e. The molecule has 1 aromatic rings. The monoisotopic (exact) mass is 330 g/mol. The fraction of sp³-hybridized carbons (Fsp3) is 0.625. The summed E-state index contributed by atoms with van der Waals surface area (Å²) in [5.41, 5.74) is 6.96. The molecule has 1 aliphatic rings. The van der Waals surface area contributed by atoms with Gasteiger partial charge in [-0.15, -0.1) is 0 Å². The molecule has 0 spiro atoms. The van der Waals surface area contributed by atoms with Crippen molar-refractivity contribution in [3.8, 4) is 0 Å². The maximum absolute atomic E-state index is 6.34. The van der Waals surface area contributed by atoms with Gasteiger partial charge in [-0.25, -0.2) is 0 Å². The molecule has 118 valence electrons. The number of nitrogens with two attached hydrogens (primary N) is 1. The highest BCUT2D eigenvalue weighted by Crippen LogP contribution is 2.34. The summed E-state index contributed by atoms with van der Waals surface area (Å²) >= 11 is 12.7. The highest BCUT2D eigenvalue weighted by atomic mass is 35.5. The molecule has 0 saturated carbocycles. The number of hydrogen-bond donors (Lipinski definition) is 1. The summed E-state index contributed by atoms with van der Waals surface area (Å²) in [5, 5.41) is 1.38. The van der Waals surface area contributed by atoms with Crippen LogP contribution in [0.2, 0.25) is 10.0 Å². The summed E-state index contributed by atoms with van der Waals surface area (Å²) in [4.78, 5) is 2.36. The van der Waals surface area contributed by atoms with Crippen molar-refractivity contribution >= 4 is 23.2 Å². The van der Waals surface area contributed by atoms with Crippen LogP contribution in [0.3, 0.4) is 0 Å². The van der Waals surface area contributed by atoms with Crippen LogP contribution >= 0.6 is 23.2 Å². The van der Waals surface area contributed by atoms with Gasteiger partial charge in [0.2, 0.25) is 0 Å². The van der Waals surface area contributed by atoms with Crippen LogP contribution in [-0.4, -0.2) is 37.2 Å². The van der Waals surface area contributed by atoms with E-state index in [1.807, 2.05) is 18.2 Å². The zero-order valence-electron chi connectivity index (χ0n) is 12.5. The molecule has 0 aliphatic carbocycles. The fourth-order valence-corrected chi connectivity index (χ4v) is 3.60. The average molecular weight is 331 g/mol. The molecule has 1 heterocycles. The van der Waals surface area contributed by atoms with E-state index < -0.39 is 0 Å². The molecule has 1 fully saturated rings. The van der Waals surface area contributed by atoms with Crippen LogP contribution in [0.25, 0.3) is 0 Å². The molecule has 3 nitrogen and oxygen atoms in total. The molecule has 2 atom stereocenters. The van der Waals surface area contributed by atoms with Gasteiger partial charge in [-0.2, -0.15) is 0 Å². The van der Waals surface area contributed by atoms with Crippen LogP contribution in [0.1, 0.15) is 37.8 Å².